The zero-order valence-electron chi connectivity index (χ0n) is 8.12. The highest BCUT2D eigenvalue weighted by atomic mass is 32.2. The summed E-state index contributed by atoms with van der Waals surface area (Å²) in [4.78, 5) is 7.31. The molecule has 0 amide bonds. The Labute approximate surface area is 86.5 Å². The van der Waals surface area contributed by atoms with Gasteiger partial charge >= 0.3 is 0 Å². The summed E-state index contributed by atoms with van der Waals surface area (Å²) >= 11 is 1.68. The minimum Gasteiger partial charge on any atom is -0.368 e. The molecule has 4 nitrogen and oxygen atoms in total. The number of rotatable bonds is 4. The van der Waals surface area contributed by atoms with Gasteiger partial charge in [-0.1, -0.05) is 0 Å². The summed E-state index contributed by atoms with van der Waals surface area (Å²) in [5, 5.41) is 2.92. The Morgan fingerprint density at radius 3 is 3.07 bits per heavy atom. The van der Waals surface area contributed by atoms with Crippen molar-refractivity contribution in [2.24, 2.45) is 0 Å². The van der Waals surface area contributed by atoms with Crippen LogP contribution in [-0.4, -0.2) is 28.0 Å². The molecule has 78 valence electrons. The van der Waals surface area contributed by atoms with Crippen molar-refractivity contribution in [2.75, 3.05) is 23.1 Å². The number of hydrogen-bond acceptors (Lipinski definition) is 5. The standard InChI is InChI=1S/C8H13FN4S/c1-5(4-14-2)12-7-6(9)3-11-8(10)13-7/h3,5H,4H2,1-2H3,(H3,10,11,12,13). The Hall–Kier alpha value is -1.04. The summed E-state index contributed by atoms with van der Waals surface area (Å²) in [6.45, 7) is 1.95. The van der Waals surface area contributed by atoms with Gasteiger partial charge in [-0.25, -0.2) is 9.37 Å². The number of anilines is 2. The quantitative estimate of drug-likeness (QED) is 0.795. The molecule has 0 aliphatic carbocycles. The Kier molecular flexibility index (Phi) is 3.94. The van der Waals surface area contributed by atoms with Gasteiger partial charge in [0, 0.05) is 11.8 Å². The first-order valence-corrected chi connectivity index (χ1v) is 5.56. The number of aromatic nitrogens is 2. The van der Waals surface area contributed by atoms with Crippen LogP contribution in [0.5, 0.6) is 0 Å². The van der Waals surface area contributed by atoms with E-state index in [1.54, 1.807) is 11.8 Å². The molecule has 0 radical (unpaired) electrons. The fraction of sp³-hybridized carbons (Fsp3) is 0.500. The molecule has 0 spiro atoms. The zero-order chi connectivity index (χ0) is 10.6. The van der Waals surface area contributed by atoms with Crippen molar-refractivity contribution in [1.82, 2.24) is 9.97 Å². The van der Waals surface area contributed by atoms with Crippen molar-refractivity contribution in [3.63, 3.8) is 0 Å². The minimum absolute atomic E-state index is 0.0743. The Morgan fingerprint density at radius 1 is 1.71 bits per heavy atom. The van der Waals surface area contributed by atoms with Crippen LogP contribution in [0.3, 0.4) is 0 Å². The lowest BCUT2D eigenvalue weighted by atomic mass is 10.4. The van der Waals surface area contributed by atoms with Crippen molar-refractivity contribution in [3.05, 3.63) is 12.0 Å². The highest BCUT2D eigenvalue weighted by molar-refractivity contribution is 7.98. The lowest BCUT2D eigenvalue weighted by molar-refractivity contribution is 0.615. The maximum Gasteiger partial charge on any atom is 0.222 e. The molecule has 14 heavy (non-hydrogen) atoms. The highest BCUT2D eigenvalue weighted by Crippen LogP contribution is 2.12. The van der Waals surface area contributed by atoms with Gasteiger partial charge in [0.15, 0.2) is 11.6 Å². The van der Waals surface area contributed by atoms with Crippen LogP contribution in [0.1, 0.15) is 6.92 Å². The number of nitrogens with zero attached hydrogens (tertiary/aromatic N) is 2. The normalized spacial score (nSPS) is 12.5. The SMILES string of the molecule is CSCC(C)Nc1nc(N)ncc1F. The largest absolute Gasteiger partial charge is 0.368 e. The van der Waals surface area contributed by atoms with E-state index in [1.807, 2.05) is 13.2 Å². The van der Waals surface area contributed by atoms with E-state index in [9.17, 15) is 4.39 Å². The van der Waals surface area contributed by atoms with E-state index in [2.05, 4.69) is 15.3 Å². The van der Waals surface area contributed by atoms with Gasteiger partial charge in [-0.05, 0) is 13.2 Å². The second kappa shape index (κ2) is 4.99. The number of halogens is 1. The molecule has 1 rings (SSSR count). The molecule has 3 N–H and O–H groups in total. The van der Waals surface area contributed by atoms with Crippen LogP contribution in [0.15, 0.2) is 6.20 Å². The van der Waals surface area contributed by atoms with E-state index in [0.29, 0.717) is 0 Å². The topological polar surface area (TPSA) is 63.8 Å². The lowest BCUT2D eigenvalue weighted by Gasteiger charge is -2.13. The van der Waals surface area contributed by atoms with Crippen molar-refractivity contribution in [3.8, 4) is 0 Å². The Morgan fingerprint density at radius 2 is 2.43 bits per heavy atom. The van der Waals surface area contributed by atoms with Gasteiger partial charge in [0.1, 0.15) is 0 Å². The molecule has 0 aromatic carbocycles. The van der Waals surface area contributed by atoms with Gasteiger partial charge in [0.25, 0.3) is 0 Å². The maximum absolute atomic E-state index is 13.1. The fourth-order valence-corrected chi connectivity index (χ4v) is 1.59. The number of nitrogens with one attached hydrogen (secondary N) is 1. The highest BCUT2D eigenvalue weighted by Gasteiger charge is 2.08. The van der Waals surface area contributed by atoms with Crippen molar-refractivity contribution < 1.29 is 4.39 Å². The average Bonchev–Trinajstić information content (AvgIpc) is 2.12. The molecule has 1 heterocycles. The molecule has 1 unspecified atom stereocenters. The van der Waals surface area contributed by atoms with Crippen LogP contribution >= 0.6 is 11.8 Å². The second-order valence-corrected chi connectivity index (χ2v) is 3.84. The number of hydrogen-bond donors (Lipinski definition) is 2. The van der Waals surface area contributed by atoms with Crippen LogP contribution in [0.25, 0.3) is 0 Å². The first-order chi connectivity index (χ1) is 6.63. The summed E-state index contributed by atoms with van der Waals surface area (Å²) in [6.07, 6.45) is 3.05. The molecule has 6 heteroatoms. The van der Waals surface area contributed by atoms with E-state index in [4.69, 9.17) is 5.73 Å². The molecule has 0 saturated carbocycles. The van der Waals surface area contributed by atoms with E-state index in [0.717, 1.165) is 11.9 Å². The average molecular weight is 216 g/mol. The van der Waals surface area contributed by atoms with Gasteiger partial charge in [-0.2, -0.15) is 16.7 Å². The van der Waals surface area contributed by atoms with Crippen molar-refractivity contribution in [1.29, 1.82) is 0 Å². The number of nitrogens with two attached hydrogens (primary N) is 1. The molecule has 0 aliphatic heterocycles. The monoisotopic (exact) mass is 216 g/mol. The Balaban J connectivity index is 2.70. The summed E-state index contributed by atoms with van der Waals surface area (Å²) in [6, 6.07) is 0.147. The molecule has 0 aliphatic rings. The van der Waals surface area contributed by atoms with E-state index in [-0.39, 0.29) is 17.8 Å². The van der Waals surface area contributed by atoms with Gasteiger partial charge < -0.3 is 11.1 Å². The van der Waals surface area contributed by atoms with E-state index >= 15 is 0 Å². The van der Waals surface area contributed by atoms with Crippen LogP contribution in [0.4, 0.5) is 16.2 Å². The number of nitrogen functional groups attached to an aromatic ring is 1. The predicted octanol–water partition coefficient (Wildman–Crippen LogP) is 1.36. The van der Waals surface area contributed by atoms with E-state index < -0.39 is 5.82 Å². The van der Waals surface area contributed by atoms with Crippen LogP contribution in [0.2, 0.25) is 0 Å². The molecular weight excluding hydrogens is 203 g/mol. The van der Waals surface area contributed by atoms with Gasteiger partial charge in [-0.15, -0.1) is 0 Å². The van der Waals surface area contributed by atoms with Gasteiger partial charge in [0.2, 0.25) is 5.95 Å². The van der Waals surface area contributed by atoms with Crippen LogP contribution in [-0.2, 0) is 0 Å². The first-order valence-electron chi connectivity index (χ1n) is 4.17. The molecule has 0 saturated heterocycles. The first kappa shape index (κ1) is 11.0. The third-order valence-electron chi connectivity index (χ3n) is 1.56. The van der Waals surface area contributed by atoms with Gasteiger partial charge in [0.05, 0.1) is 6.20 Å². The van der Waals surface area contributed by atoms with Gasteiger partial charge in [-0.3, -0.25) is 0 Å². The molecule has 1 aromatic rings. The fourth-order valence-electron chi connectivity index (χ4n) is 1.01. The van der Waals surface area contributed by atoms with Crippen LogP contribution in [0, 0.1) is 5.82 Å². The maximum atomic E-state index is 13.1. The second-order valence-electron chi connectivity index (χ2n) is 2.93. The third-order valence-corrected chi connectivity index (χ3v) is 2.40. The number of thioether (sulfide) groups is 1. The van der Waals surface area contributed by atoms with Crippen molar-refractivity contribution >= 4 is 23.5 Å². The summed E-state index contributed by atoms with van der Waals surface area (Å²) < 4.78 is 13.1. The smallest absolute Gasteiger partial charge is 0.222 e. The summed E-state index contributed by atoms with van der Waals surface area (Å²) in [5.74, 6) is 0.639. The molecular formula is C8H13FN4S. The minimum atomic E-state index is -0.479. The lowest BCUT2D eigenvalue weighted by Crippen LogP contribution is -2.20. The molecule has 0 fully saturated rings. The third kappa shape index (κ3) is 3.02. The molecule has 1 aromatic heterocycles. The zero-order valence-corrected chi connectivity index (χ0v) is 8.94. The predicted molar refractivity (Wildman–Crippen MR) is 57.9 cm³/mol. The molecule has 0 bridgehead atoms. The Bertz CT molecular complexity index is 307. The van der Waals surface area contributed by atoms with Crippen molar-refractivity contribution in [2.45, 2.75) is 13.0 Å². The summed E-state index contributed by atoms with van der Waals surface area (Å²) in [5.41, 5.74) is 5.34. The summed E-state index contributed by atoms with van der Waals surface area (Å²) in [7, 11) is 0. The van der Waals surface area contributed by atoms with Crippen LogP contribution < -0.4 is 11.1 Å². The van der Waals surface area contributed by atoms with E-state index in [1.165, 1.54) is 0 Å². The molecule has 1 atom stereocenters.